The zero-order valence-corrected chi connectivity index (χ0v) is 15.5. The monoisotopic (exact) mass is 379 g/mol. The number of anilines is 1. The first kappa shape index (κ1) is 20.7. The van der Waals surface area contributed by atoms with E-state index in [1.54, 1.807) is 4.90 Å². The lowest BCUT2D eigenvalue weighted by Gasteiger charge is -2.42. The van der Waals surface area contributed by atoms with Crippen molar-refractivity contribution >= 4 is 34.0 Å². The molecule has 2 rings (SSSR count). The van der Waals surface area contributed by atoms with Crippen LogP contribution in [0.3, 0.4) is 0 Å². The lowest BCUT2D eigenvalue weighted by Crippen LogP contribution is -2.54. The van der Waals surface area contributed by atoms with Gasteiger partial charge in [0.05, 0.1) is 17.5 Å². The lowest BCUT2D eigenvalue weighted by atomic mass is 9.79. The second kappa shape index (κ2) is 7.25. The van der Waals surface area contributed by atoms with Crippen LogP contribution in [0.1, 0.15) is 30.6 Å². The van der Waals surface area contributed by atoms with Crippen molar-refractivity contribution in [2.75, 3.05) is 24.1 Å². The number of carbonyl (C=O) groups excluding carboxylic acids is 1. The van der Waals surface area contributed by atoms with Gasteiger partial charge < -0.3 is 10.6 Å². The zero-order chi connectivity index (χ0) is 17.4. The Morgan fingerprint density at radius 3 is 2.58 bits per heavy atom. The van der Waals surface area contributed by atoms with E-state index < -0.39 is 21.7 Å². The molecule has 0 spiro atoms. The molecule has 136 valence electrons. The minimum Gasteiger partial charge on any atom is -0.338 e. The van der Waals surface area contributed by atoms with E-state index in [2.05, 4.69) is 4.72 Å². The largest absolute Gasteiger partial charge is 0.338 e. The Labute approximate surface area is 148 Å². The maximum absolute atomic E-state index is 13.6. The predicted molar refractivity (Wildman–Crippen MR) is 94.4 cm³/mol. The number of hydrogen-bond donors (Lipinski definition) is 2. The van der Waals surface area contributed by atoms with Gasteiger partial charge in [0, 0.05) is 19.1 Å². The van der Waals surface area contributed by atoms with Crippen LogP contribution in [0.5, 0.6) is 0 Å². The number of rotatable bonds is 3. The molecule has 0 aromatic heterocycles. The minimum absolute atomic E-state index is 0. The fraction of sp³-hybridized carbons (Fsp3) is 0.533. The molecule has 1 aliphatic rings. The quantitative estimate of drug-likeness (QED) is 0.837. The van der Waals surface area contributed by atoms with Gasteiger partial charge in [-0.25, -0.2) is 12.8 Å². The third-order valence-electron chi connectivity index (χ3n) is 4.11. The molecule has 1 unspecified atom stereocenters. The Morgan fingerprint density at radius 1 is 1.42 bits per heavy atom. The van der Waals surface area contributed by atoms with Crippen LogP contribution in [-0.4, -0.2) is 44.6 Å². The van der Waals surface area contributed by atoms with Crippen molar-refractivity contribution < 1.29 is 17.6 Å². The lowest BCUT2D eigenvalue weighted by molar-refractivity contribution is 0.0533. The highest BCUT2D eigenvalue weighted by molar-refractivity contribution is 7.92. The highest BCUT2D eigenvalue weighted by Crippen LogP contribution is 2.30. The van der Waals surface area contributed by atoms with Gasteiger partial charge >= 0.3 is 0 Å². The van der Waals surface area contributed by atoms with Crippen LogP contribution < -0.4 is 10.5 Å². The number of piperidine rings is 1. The topological polar surface area (TPSA) is 92.5 Å². The summed E-state index contributed by atoms with van der Waals surface area (Å²) in [4.78, 5) is 14.3. The third-order valence-corrected chi connectivity index (χ3v) is 4.70. The van der Waals surface area contributed by atoms with Gasteiger partial charge in [0.2, 0.25) is 10.0 Å². The predicted octanol–water partition coefficient (Wildman–Crippen LogP) is 1.82. The van der Waals surface area contributed by atoms with E-state index in [0.717, 1.165) is 18.4 Å². The SMILES string of the molecule is CC1(C)CN(C(=O)c2cc(F)ccc2NS(C)(=O)=O)CCC1N.Cl. The normalized spacial score (nSPS) is 20.2. The van der Waals surface area contributed by atoms with Crippen LogP contribution in [0.15, 0.2) is 18.2 Å². The van der Waals surface area contributed by atoms with Crippen molar-refractivity contribution in [3.05, 3.63) is 29.6 Å². The average molecular weight is 380 g/mol. The van der Waals surface area contributed by atoms with Gasteiger partial charge in [-0.3, -0.25) is 9.52 Å². The molecule has 1 heterocycles. The number of carbonyl (C=O) groups is 1. The highest BCUT2D eigenvalue weighted by atomic mass is 35.5. The average Bonchev–Trinajstić information content (AvgIpc) is 2.41. The third kappa shape index (κ3) is 4.81. The number of halogens is 2. The summed E-state index contributed by atoms with van der Waals surface area (Å²) in [5.74, 6) is -1.00. The van der Waals surface area contributed by atoms with Gasteiger partial charge in [0.1, 0.15) is 5.82 Å². The Balaban J connectivity index is 0.00000288. The first-order valence-corrected chi connectivity index (χ1v) is 9.21. The van der Waals surface area contributed by atoms with Crippen LogP contribution in [0.2, 0.25) is 0 Å². The van der Waals surface area contributed by atoms with E-state index in [9.17, 15) is 17.6 Å². The van der Waals surface area contributed by atoms with Gasteiger partial charge in [-0.1, -0.05) is 13.8 Å². The van der Waals surface area contributed by atoms with Crippen molar-refractivity contribution in [2.24, 2.45) is 11.1 Å². The molecule has 1 saturated heterocycles. The zero-order valence-electron chi connectivity index (χ0n) is 13.9. The van der Waals surface area contributed by atoms with Crippen molar-refractivity contribution in [3.63, 3.8) is 0 Å². The number of likely N-dealkylation sites (tertiary alicyclic amines) is 1. The van der Waals surface area contributed by atoms with Crippen molar-refractivity contribution in [2.45, 2.75) is 26.3 Å². The van der Waals surface area contributed by atoms with Crippen LogP contribution >= 0.6 is 12.4 Å². The molecule has 0 bridgehead atoms. The van der Waals surface area contributed by atoms with Gasteiger partial charge in [-0.15, -0.1) is 12.4 Å². The molecule has 1 aromatic rings. The molecule has 1 aliphatic heterocycles. The van der Waals surface area contributed by atoms with E-state index in [1.165, 1.54) is 6.07 Å². The summed E-state index contributed by atoms with van der Waals surface area (Å²) in [5, 5.41) is 0. The van der Waals surface area contributed by atoms with Gasteiger partial charge in [-0.2, -0.15) is 0 Å². The molecule has 0 saturated carbocycles. The number of amides is 1. The van der Waals surface area contributed by atoms with Crippen molar-refractivity contribution in [3.8, 4) is 0 Å². The summed E-state index contributed by atoms with van der Waals surface area (Å²) in [7, 11) is -3.57. The molecule has 0 radical (unpaired) electrons. The Morgan fingerprint density at radius 2 is 2.04 bits per heavy atom. The molecule has 0 aliphatic carbocycles. The van der Waals surface area contributed by atoms with E-state index in [0.29, 0.717) is 19.5 Å². The molecule has 9 heteroatoms. The summed E-state index contributed by atoms with van der Waals surface area (Å²) in [6.07, 6.45) is 1.62. The Bertz CT molecular complexity index is 725. The highest BCUT2D eigenvalue weighted by Gasteiger charge is 2.36. The van der Waals surface area contributed by atoms with Crippen molar-refractivity contribution in [1.82, 2.24) is 4.90 Å². The summed E-state index contributed by atoms with van der Waals surface area (Å²) >= 11 is 0. The van der Waals surface area contributed by atoms with Crippen LogP contribution in [-0.2, 0) is 10.0 Å². The maximum atomic E-state index is 13.6. The summed E-state index contributed by atoms with van der Waals surface area (Å²) < 4.78 is 38.7. The number of nitrogens with two attached hydrogens (primary N) is 1. The molecular formula is C15H23ClFN3O3S. The van der Waals surface area contributed by atoms with Crippen LogP contribution in [0.25, 0.3) is 0 Å². The van der Waals surface area contributed by atoms with E-state index in [4.69, 9.17) is 5.73 Å². The van der Waals surface area contributed by atoms with Crippen LogP contribution in [0.4, 0.5) is 10.1 Å². The summed E-state index contributed by atoms with van der Waals surface area (Å²) in [5.41, 5.74) is 5.88. The van der Waals surface area contributed by atoms with Gasteiger partial charge in [-0.05, 0) is 30.0 Å². The Hall–Kier alpha value is -1.38. The van der Waals surface area contributed by atoms with Crippen LogP contribution in [0, 0.1) is 11.2 Å². The molecule has 3 N–H and O–H groups in total. The van der Waals surface area contributed by atoms with Gasteiger partial charge in [0.25, 0.3) is 5.91 Å². The van der Waals surface area contributed by atoms with Gasteiger partial charge in [0.15, 0.2) is 0 Å². The second-order valence-corrected chi connectivity index (χ2v) is 8.42. The molecule has 24 heavy (non-hydrogen) atoms. The number of benzene rings is 1. The first-order chi connectivity index (χ1) is 10.5. The standard InChI is InChI=1S/C15H22FN3O3S.ClH/c1-15(2)9-19(7-6-13(15)17)14(20)11-8-10(16)4-5-12(11)18-23(3,21)22;/h4-5,8,13,18H,6-7,9,17H2,1-3H3;1H. The second-order valence-electron chi connectivity index (χ2n) is 6.67. The smallest absolute Gasteiger partial charge is 0.256 e. The number of hydrogen-bond acceptors (Lipinski definition) is 4. The maximum Gasteiger partial charge on any atom is 0.256 e. The molecule has 1 amide bonds. The number of nitrogens with one attached hydrogen (secondary N) is 1. The molecular weight excluding hydrogens is 357 g/mol. The summed E-state index contributed by atoms with van der Waals surface area (Å²) in [6.45, 7) is 4.83. The Kier molecular flexibility index (Phi) is 6.24. The minimum atomic E-state index is -3.57. The molecule has 1 fully saturated rings. The first-order valence-electron chi connectivity index (χ1n) is 7.32. The fourth-order valence-electron chi connectivity index (χ4n) is 2.70. The van der Waals surface area contributed by atoms with E-state index in [1.807, 2.05) is 13.8 Å². The number of nitrogens with zero attached hydrogens (tertiary/aromatic N) is 1. The van der Waals surface area contributed by atoms with Crippen molar-refractivity contribution in [1.29, 1.82) is 0 Å². The fourth-order valence-corrected chi connectivity index (χ4v) is 3.28. The number of sulfonamides is 1. The van der Waals surface area contributed by atoms with E-state index in [-0.39, 0.29) is 35.1 Å². The molecule has 6 nitrogen and oxygen atoms in total. The molecule has 1 atom stereocenters. The van der Waals surface area contributed by atoms with E-state index >= 15 is 0 Å². The molecule has 1 aromatic carbocycles. The summed E-state index contributed by atoms with van der Waals surface area (Å²) in [6, 6.07) is 3.40.